The van der Waals surface area contributed by atoms with Crippen molar-refractivity contribution in [1.29, 1.82) is 0 Å². The van der Waals surface area contributed by atoms with Crippen LogP contribution in [0.2, 0.25) is 0 Å². The lowest BCUT2D eigenvalue weighted by atomic mass is 10.1. The highest BCUT2D eigenvalue weighted by atomic mass is 16.1. The molecule has 0 aliphatic heterocycles. The molecule has 124 valence electrons. The summed E-state index contributed by atoms with van der Waals surface area (Å²) in [5, 5.41) is 15.1. The zero-order chi connectivity index (χ0) is 17.4. The Morgan fingerprint density at radius 2 is 2.00 bits per heavy atom. The first kappa shape index (κ1) is 15.1. The number of hydrogen-bond acceptors (Lipinski definition) is 4. The molecule has 0 saturated heterocycles. The van der Waals surface area contributed by atoms with E-state index in [1.54, 1.807) is 0 Å². The number of nitrogens with one attached hydrogen (secondary N) is 2. The van der Waals surface area contributed by atoms with Crippen LogP contribution in [0.1, 0.15) is 21.6 Å². The van der Waals surface area contributed by atoms with E-state index in [9.17, 15) is 4.79 Å². The van der Waals surface area contributed by atoms with E-state index in [0.29, 0.717) is 11.3 Å². The van der Waals surface area contributed by atoms with Crippen LogP contribution >= 0.6 is 0 Å². The predicted octanol–water partition coefficient (Wildman–Crippen LogP) is 3.01. The Labute approximate surface area is 143 Å². The Bertz CT molecular complexity index is 1060. The molecule has 2 heterocycles. The molecule has 1 amide bonds. The van der Waals surface area contributed by atoms with Crippen molar-refractivity contribution in [2.45, 2.75) is 13.8 Å². The fraction of sp³-hybridized carbons (Fsp3) is 0.111. The number of carbonyl (C=O) groups is 1. The largest absolute Gasteiger partial charge is 0.358 e. The van der Waals surface area contributed by atoms with E-state index in [2.05, 4.69) is 25.8 Å². The molecule has 0 aliphatic rings. The van der Waals surface area contributed by atoms with E-state index in [4.69, 9.17) is 0 Å². The van der Waals surface area contributed by atoms with E-state index in [1.807, 2.05) is 56.3 Å². The van der Waals surface area contributed by atoms with Crippen LogP contribution in [0, 0.1) is 13.8 Å². The Balaban J connectivity index is 1.67. The van der Waals surface area contributed by atoms with Crippen molar-refractivity contribution in [3.8, 4) is 5.69 Å². The number of aromatic amines is 1. The van der Waals surface area contributed by atoms with Gasteiger partial charge in [0.1, 0.15) is 6.33 Å². The number of benzene rings is 2. The lowest BCUT2D eigenvalue weighted by Crippen LogP contribution is -2.12. The standard InChI is InChI=1S/C18H16N6O/c1-11-12(2)20-17-15(11)7-4-8-16(17)18(25)21-13-5-3-6-14(9-13)24-10-19-22-23-24/h3-10,20H,1-2H3,(H,21,25). The molecule has 2 N–H and O–H groups in total. The minimum Gasteiger partial charge on any atom is -0.358 e. The van der Waals surface area contributed by atoms with Gasteiger partial charge in [-0.3, -0.25) is 4.79 Å². The van der Waals surface area contributed by atoms with Crippen LogP contribution in [0.4, 0.5) is 5.69 Å². The molecule has 7 heteroatoms. The summed E-state index contributed by atoms with van der Waals surface area (Å²) in [4.78, 5) is 16.1. The van der Waals surface area contributed by atoms with Gasteiger partial charge in [-0.1, -0.05) is 18.2 Å². The molecule has 2 aromatic heterocycles. The number of rotatable bonds is 3. The lowest BCUT2D eigenvalue weighted by Gasteiger charge is -2.08. The highest BCUT2D eigenvalue weighted by Gasteiger charge is 2.14. The number of anilines is 1. The molecule has 4 rings (SSSR count). The van der Waals surface area contributed by atoms with Gasteiger partial charge in [0.2, 0.25) is 0 Å². The van der Waals surface area contributed by atoms with Crippen molar-refractivity contribution in [3.05, 3.63) is 65.6 Å². The smallest absolute Gasteiger partial charge is 0.257 e. The van der Waals surface area contributed by atoms with E-state index in [1.165, 1.54) is 11.0 Å². The van der Waals surface area contributed by atoms with Crippen molar-refractivity contribution in [3.63, 3.8) is 0 Å². The molecule has 2 aromatic carbocycles. The van der Waals surface area contributed by atoms with E-state index in [-0.39, 0.29) is 5.91 Å². The number of nitrogens with zero attached hydrogens (tertiary/aromatic N) is 4. The summed E-state index contributed by atoms with van der Waals surface area (Å²) in [7, 11) is 0. The summed E-state index contributed by atoms with van der Waals surface area (Å²) >= 11 is 0. The van der Waals surface area contributed by atoms with Gasteiger partial charge < -0.3 is 10.3 Å². The average Bonchev–Trinajstić information content (AvgIpc) is 3.24. The Kier molecular flexibility index (Phi) is 3.53. The van der Waals surface area contributed by atoms with Gasteiger partial charge in [-0.25, -0.2) is 4.68 Å². The number of amides is 1. The van der Waals surface area contributed by atoms with Crippen LogP contribution in [0.5, 0.6) is 0 Å². The van der Waals surface area contributed by atoms with Gasteiger partial charge in [-0.2, -0.15) is 0 Å². The number of fused-ring (bicyclic) bond motifs is 1. The Hall–Kier alpha value is -3.48. The molecule has 0 saturated carbocycles. The topological polar surface area (TPSA) is 88.5 Å². The third-order valence-corrected chi connectivity index (χ3v) is 4.31. The second kappa shape index (κ2) is 5.86. The summed E-state index contributed by atoms with van der Waals surface area (Å²) in [6, 6.07) is 13.1. The molecule has 0 atom stereocenters. The zero-order valence-electron chi connectivity index (χ0n) is 13.8. The molecular formula is C18H16N6O. The van der Waals surface area contributed by atoms with Gasteiger partial charge in [-0.05, 0) is 54.1 Å². The number of carbonyl (C=O) groups excluding carboxylic acids is 1. The molecule has 0 bridgehead atoms. The van der Waals surface area contributed by atoms with Crippen LogP contribution in [0.15, 0.2) is 48.8 Å². The fourth-order valence-corrected chi connectivity index (χ4v) is 2.88. The summed E-state index contributed by atoms with van der Waals surface area (Å²) < 4.78 is 1.54. The summed E-state index contributed by atoms with van der Waals surface area (Å²) in [6.45, 7) is 4.05. The van der Waals surface area contributed by atoms with E-state index >= 15 is 0 Å². The van der Waals surface area contributed by atoms with Gasteiger partial charge in [0.05, 0.1) is 16.8 Å². The lowest BCUT2D eigenvalue weighted by molar-refractivity contribution is 0.102. The van der Waals surface area contributed by atoms with Gasteiger partial charge in [0, 0.05) is 16.8 Å². The van der Waals surface area contributed by atoms with Gasteiger partial charge >= 0.3 is 0 Å². The van der Waals surface area contributed by atoms with Crippen molar-refractivity contribution in [2.24, 2.45) is 0 Å². The van der Waals surface area contributed by atoms with Crippen LogP contribution in [0.3, 0.4) is 0 Å². The SMILES string of the molecule is Cc1[nH]c2c(C(=O)Nc3cccc(-n4cnnn4)c3)cccc2c1C. The molecule has 0 unspecified atom stereocenters. The molecule has 0 spiro atoms. The molecule has 4 aromatic rings. The summed E-state index contributed by atoms with van der Waals surface area (Å²) in [5.41, 5.74) is 5.14. The summed E-state index contributed by atoms with van der Waals surface area (Å²) in [5.74, 6) is -0.166. The second-order valence-electron chi connectivity index (χ2n) is 5.86. The van der Waals surface area contributed by atoms with Crippen molar-refractivity contribution >= 4 is 22.5 Å². The maximum atomic E-state index is 12.8. The first-order valence-corrected chi connectivity index (χ1v) is 7.86. The van der Waals surface area contributed by atoms with Crippen LogP contribution in [-0.2, 0) is 0 Å². The highest BCUT2D eigenvalue weighted by molar-refractivity contribution is 6.12. The molecule has 0 radical (unpaired) electrons. The Morgan fingerprint density at radius 1 is 1.16 bits per heavy atom. The molecule has 0 aliphatic carbocycles. The van der Waals surface area contributed by atoms with Gasteiger partial charge in [0.25, 0.3) is 5.91 Å². The minimum absolute atomic E-state index is 0.166. The average molecular weight is 332 g/mol. The fourth-order valence-electron chi connectivity index (χ4n) is 2.88. The second-order valence-corrected chi connectivity index (χ2v) is 5.86. The first-order chi connectivity index (χ1) is 12.1. The van der Waals surface area contributed by atoms with Crippen molar-refractivity contribution in [1.82, 2.24) is 25.2 Å². The molecule has 7 nitrogen and oxygen atoms in total. The number of hydrogen-bond donors (Lipinski definition) is 2. The van der Waals surface area contributed by atoms with Gasteiger partial charge in [-0.15, -0.1) is 5.10 Å². The molecule has 0 fully saturated rings. The van der Waals surface area contributed by atoms with Crippen LogP contribution in [-0.4, -0.2) is 31.1 Å². The number of aryl methyl sites for hydroxylation is 2. The van der Waals surface area contributed by atoms with E-state index < -0.39 is 0 Å². The van der Waals surface area contributed by atoms with E-state index in [0.717, 1.165) is 27.8 Å². The minimum atomic E-state index is -0.166. The molecule has 25 heavy (non-hydrogen) atoms. The normalized spacial score (nSPS) is 11.0. The third kappa shape index (κ3) is 2.65. The molecular weight excluding hydrogens is 316 g/mol. The highest BCUT2D eigenvalue weighted by Crippen LogP contribution is 2.25. The van der Waals surface area contributed by atoms with Crippen LogP contribution in [0.25, 0.3) is 16.6 Å². The third-order valence-electron chi connectivity index (χ3n) is 4.31. The number of aromatic nitrogens is 5. The maximum Gasteiger partial charge on any atom is 0.257 e. The first-order valence-electron chi connectivity index (χ1n) is 7.86. The summed E-state index contributed by atoms with van der Waals surface area (Å²) in [6.07, 6.45) is 1.51. The number of para-hydroxylation sites is 1. The van der Waals surface area contributed by atoms with Crippen LogP contribution < -0.4 is 5.32 Å². The maximum absolute atomic E-state index is 12.8. The number of H-pyrrole nitrogens is 1. The number of tetrazole rings is 1. The van der Waals surface area contributed by atoms with Crippen molar-refractivity contribution < 1.29 is 4.79 Å². The van der Waals surface area contributed by atoms with Gasteiger partial charge in [0.15, 0.2) is 0 Å². The van der Waals surface area contributed by atoms with Crippen molar-refractivity contribution in [2.75, 3.05) is 5.32 Å². The zero-order valence-corrected chi connectivity index (χ0v) is 13.8. The Morgan fingerprint density at radius 3 is 2.80 bits per heavy atom. The monoisotopic (exact) mass is 332 g/mol. The predicted molar refractivity (Wildman–Crippen MR) is 94.9 cm³/mol. The quantitative estimate of drug-likeness (QED) is 0.603.